The van der Waals surface area contributed by atoms with Gasteiger partial charge in [0.25, 0.3) is 0 Å². The van der Waals surface area contributed by atoms with Crippen LogP contribution in [0.1, 0.15) is 46.0 Å². The van der Waals surface area contributed by atoms with Gasteiger partial charge in [-0.15, -0.1) is 0 Å². The molecule has 0 saturated carbocycles. The van der Waals surface area contributed by atoms with Crippen LogP contribution in [0.15, 0.2) is 0 Å². The van der Waals surface area contributed by atoms with Gasteiger partial charge in [0.2, 0.25) is 0 Å². The van der Waals surface area contributed by atoms with Gasteiger partial charge in [-0.2, -0.15) is 0 Å². The molecule has 1 unspecified atom stereocenters. The topological polar surface area (TPSA) is 23.5 Å². The first-order valence-corrected chi connectivity index (χ1v) is 6.63. The zero-order valence-corrected chi connectivity index (χ0v) is 10.4. The first kappa shape index (κ1) is 13.0. The molecule has 2 heteroatoms. The predicted molar refractivity (Wildman–Crippen MR) is 64.9 cm³/mol. The summed E-state index contributed by atoms with van der Waals surface area (Å²) in [6, 6.07) is 0. The summed E-state index contributed by atoms with van der Waals surface area (Å²) in [4.78, 5) is 2.61. The second-order valence-electron chi connectivity index (χ2n) is 4.96. The SMILES string of the molecule is CCC(CC)CN1CCCC(CCO)C1. The van der Waals surface area contributed by atoms with Gasteiger partial charge in [0, 0.05) is 19.7 Å². The Morgan fingerprint density at radius 2 is 2.07 bits per heavy atom. The molecule has 1 saturated heterocycles. The fourth-order valence-electron chi connectivity index (χ4n) is 2.65. The number of hydrogen-bond donors (Lipinski definition) is 1. The van der Waals surface area contributed by atoms with E-state index in [1.165, 1.54) is 45.3 Å². The van der Waals surface area contributed by atoms with Crippen molar-refractivity contribution >= 4 is 0 Å². The molecule has 1 aliphatic heterocycles. The summed E-state index contributed by atoms with van der Waals surface area (Å²) in [6.45, 7) is 8.72. The van der Waals surface area contributed by atoms with Crippen molar-refractivity contribution in [2.75, 3.05) is 26.2 Å². The highest BCUT2D eigenvalue weighted by molar-refractivity contribution is 4.74. The highest BCUT2D eigenvalue weighted by Gasteiger charge is 2.20. The Labute approximate surface area is 94.7 Å². The van der Waals surface area contributed by atoms with E-state index in [-0.39, 0.29) is 0 Å². The molecule has 2 nitrogen and oxygen atoms in total. The standard InChI is InChI=1S/C13H27NO/c1-3-12(4-2)10-14-8-5-6-13(11-14)7-9-15/h12-13,15H,3-11H2,1-2H3. The lowest BCUT2D eigenvalue weighted by Gasteiger charge is -2.34. The maximum absolute atomic E-state index is 8.96. The van der Waals surface area contributed by atoms with Crippen LogP contribution in [0.3, 0.4) is 0 Å². The van der Waals surface area contributed by atoms with Gasteiger partial charge in [0.15, 0.2) is 0 Å². The zero-order valence-electron chi connectivity index (χ0n) is 10.4. The monoisotopic (exact) mass is 213 g/mol. The lowest BCUT2D eigenvalue weighted by molar-refractivity contribution is 0.129. The number of hydrogen-bond acceptors (Lipinski definition) is 2. The van der Waals surface area contributed by atoms with Crippen LogP contribution in [0.5, 0.6) is 0 Å². The normalized spacial score (nSPS) is 23.6. The summed E-state index contributed by atoms with van der Waals surface area (Å²) in [6.07, 6.45) is 6.25. The molecule has 0 aromatic rings. The maximum Gasteiger partial charge on any atom is 0.0434 e. The molecule has 1 N–H and O–H groups in total. The van der Waals surface area contributed by atoms with Crippen molar-refractivity contribution in [3.8, 4) is 0 Å². The van der Waals surface area contributed by atoms with E-state index < -0.39 is 0 Å². The molecule has 15 heavy (non-hydrogen) atoms. The van der Waals surface area contributed by atoms with E-state index in [0.29, 0.717) is 6.61 Å². The van der Waals surface area contributed by atoms with Gasteiger partial charge in [-0.05, 0) is 37.6 Å². The molecule has 0 radical (unpaired) electrons. The molecule has 0 aromatic carbocycles. The number of rotatable bonds is 6. The number of aliphatic hydroxyl groups is 1. The molecule has 0 aliphatic carbocycles. The Hall–Kier alpha value is -0.0800. The predicted octanol–water partition coefficient (Wildman–Crippen LogP) is 2.52. The lowest BCUT2D eigenvalue weighted by atomic mass is 9.93. The van der Waals surface area contributed by atoms with Crippen molar-refractivity contribution in [1.82, 2.24) is 4.90 Å². The fourth-order valence-corrected chi connectivity index (χ4v) is 2.65. The molecule has 0 aromatic heterocycles. The Bertz CT molecular complexity index is 155. The summed E-state index contributed by atoms with van der Waals surface area (Å²) >= 11 is 0. The second-order valence-corrected chi connectivity index (χ2v) is 4.96. The summed E-state index contributed by atoms with van der Waals surface area (Å²) in [7, 11) is 0. The summed E-state index contributed by atoms with van der Waals surface area (Å²) in [5.74, 6) is 1.62. The summed E-state index contributed by atoms with van der Waals surface area (Å²) in [5.41, 5.74) is 0. The van der Waals surface area contributed by atoms with E-state index in [1.54, 1.807) is 0 Å². The van der Waals surface area contributed by atoms with Crippen LogP contribution < -0.4 is 0 Å². The van der Waals surface area contributed by atoms with Gasteiger partial charge in [-0.3, -0.25) is 0 Å². The van der Waals surface area contributed by atoms with Crippen molar-refractivity contribution in [1.29, 1.82) is 0 Å². The molecule has 90 valence electrons. The molecule has 0 amide bonds. The first-order valence-electron chi connectivity index (χ1n) is 6.63. The van der Waals surface area contributed by atoms with E-state index in [4.69, 9.17) is 5.11 Å². The Kier molecular flexibility index (Phi) is 6.26. The number of nitrogens with zero attached hydrogens (tertiary/aromatic N) is 1. The maximum atomic E-state index is 8.96. The van der Waals surface area contributed by atoms with Crippen LogP contribution in [0.2, 0.25) is 0 Å². The molecule has 1 heterocycles. The van der Waals surface area contributed by atoms with Crippen molar-refractivity contribution in [3.63, 3.8) is 0 Å². The highest BCUT2D eigenvalue weighted by Crippen LogP contribution is 2.21. The molecule has 1 atom stereocenters. The Morgan fingerprint density at radius 3 is 2.67 bits per heavy atom. The Morgan fingerprint density at radius 1 is 1.33 bits per heavy atom. The minimum Gasteiger partial charge on any atom is -0.396 e. The largest absolute Gasteiger partial charge is 0.396 e. The fraction of sp³-hybridized carbons (Fsp3) is 1.00. The minimum absolute atomic E-state index is 0.365. The van der Waals surface area contributed by atoms with Crippen molar-refractivity contribution in [2.45, 2.75) is 46.0 Å². The first-order chi connectivity index (χ1) is 7.30. The van der Waals surface area contributed by atoms with Gasteiger partial charge in [0.1, 0.15) is 0 Å². The van der Waals surface area contributed by atoms with Crippen LogP contribution in [0, 0.1) is 11.8 Å². The van der Waals surface area contributed by atoms with Crippen LogP contribution in [-0.4, -0.2) is 36.2 Å². The third-order valence-electron chi connectivity index (χ3n) is 3.81. The van der Waals surface area contributed by atoms with E-state index in [2.05, 4.69) is 18.7 Å². The van der Waals surface area contributed by atoms with Crippen molar-refractivity contribution in [2.24, 2.45) is 11.8 Å². The molecule has 1 rings (SSSR count). The third kappa shape index (κ3) is 4.52. The highest BCUT2D eigenvalue weighted by atomic mass is 16.3. The number of aliphatic hydroxyl groups excluding tert-OH is 1. The van der Waals surface area contributed by atoms with Crippen LogP contribution in [-0.2, 0) is 0 Å². The number of likely N-dealkylation sites (tertiary alicyclic amines) is 1. The van der Waals surface area contributed by atoms with E-state index in [0.717, 1.165) is 18.3 Å². The average Bonchev–Trinajstić information content (AvgIpc) is 2.27. The smallest absolute Gasteiger partial charge is 0.0434 e. The Balaban J connectivity index is 2.28. The van der Waals surface area contributed by atoms with Crippen molar-refractivity contribution in [3.05, 3.63) is 0 Å². The van der Waals surface area contributed by atoms with Crippen LogP contribution >= 0.6 is 0 Å². The van der Waals surface area contributed by atoms with Gasteiger partial charge in [-0.25, -0.2) is 0 Å². The number of piperidine rings is 1. The molecule has 1 aliphatic rings. The quantitative estimate of drug-likeness (QED) is 0.733. The second kappa shape index (κ2) is 7.24. The molecule has 0 bridgehead atoms. The zero-order chi connectivity index (χ0) is 11.1. The van der Waals surface area contributed by atoms with Crippen LogP contribution in [0.25, 0.3) is 0 Å². The van der Waals surface area contributed by atoms with E-state index in [1.807, 2.05) is 0 Å². The molecule has 0 spiro atoms. The molecule has 1 fully saturated rings. The van der Waals surface area contributed by atoms with E-state index in [9.17, 15) is 0 Å². The third-order valence-corrected chi connectivity index (χ3v) is 3.81. The molecular formula is C13H27NO. The minimum atomic E-state index is 0.365. The van der Waals surface area contributed by atoms with Crippen molar-refractivity contribution < 1.29 is 5.11 Å². The van der Waals surface area contributed by atoms with Gasteiger partial charge >= 0.3 is 0 Å². The van der Waals surface area contributed by atoms with E-state index >= 15 is 0 Å². The summed E-state index contributed by atoms with van der Waals surface area (Å²) in [5, 5.41) is 8.96. The van der Waals surface area contributed by atoms with Crippen LogP contribution in [0.4, 0.5) is 0 Å². The average molecular weight is 213 g/mol. The van der Waals surface area contributed by atoms with Gasteiger partial charge < -0.3 is 10.0 Å². The summed E-state index contributed by atoms with van der Waals surface area (Å²) < 4.78 is 0. The molecular weight excluding hydrogens is 186 g/mol. The lowest BCUT2D eigenvalue weighted by Crippen LogP contribution is -2.38. The van der Waals surface area contributed by atoms with Gasteiger partial charge in [0.05, 0.1) is 0 Å². The van der Waals surface area contributed by atoms with Gasteiger partial charge in [-0.1, -0.05) is 26.7 Å².